The Morgan fingerprint density at radius 3 is 2.64 bits per heavy atom. The van der Waals surface area contributed by atoms with E-state index in [0.29, 0.717) is 11.3 Å². The largest absolute Gasteiger partial charge is 0.296 e. The number of rotatable bonds is 0. The SMILES string of the molecule is C=C1C2=C(S)C(=O)C=C[C@]2(C)[C@H]2CC[C@]3(C)C(=O)[C@@H](F)C[C@H]3[C@@H]2[C@@H]1C. The van der Waals surface area contributed by atoms with E-state index in [1.54, 1.807) is 6.08 Å². The first-order valence-corrected chi connectivity index (χ1v) is 9.62. The number of fused-ring (bicyclic) bond motifs is 5. The normalized spacial score (nSPS) is 49.2. The lowest BCUT2D eigenvalue weighted by Crippen LogP contribution is -2.53. The molecule has 3 saturated carbocycles. The van der Waals surface area contributed by atoms with Crippen LogP contribution in [0.3, 0.4) is 0 Å². The number of halogens is 1. The second-order valence-electron chi connectivity index (χ2n) is 8.83. The highest BCUT2D eigenvalue weighted by atomic mass is 32.1. The molecule has 4 aliphatic carbocycles. The summed E-state index contributed by atoms with van der Waals surface area (Å²) in [7, 11) is 0. The lowest BCUT2D eigenvalue weighted by atomic mass is 9.45. The van der Waals surface area contributed by atoms with E-state index in [1.807, 2.05) is 13.0 Å². The molecule has 0 N–H and O–H groups in total. The average Bonchev–Trinajstić information content (AvgIpc) is 2.80. The first-order chi connectivity index (χ1) is 11.6. The fourth-order valence-corrected chi connectivity index (χ4v) is 6.86. The minimum atomic E-state index is -1.33. The van der Waals surface area contributed by atoms with Crippen molar-refractivity contribution in [2.75, 3.05) is 0 Å². The average molecular weight is 360 g/mol. The summed E-state index contributed by atoms with van der Waals surface area (Å²) in [6.07, 6.45) is 4.22. The lowest BCUT2D eigenvalue weighted by molar-refractivity contribution is -0.135. The van der Waals surface area contributed by atoms with Crippen LogP contribution in [0.1, 0.15) is 40.0 Å². The Bertz CT molecular complexity index is 766. The van der Waals surface area contributed by atoms with Crippen LogP contribution < -0.4 is 0 Å². The molecular formula is C21H25FO2S. The van der Waals surface area contributed by atoms with Crippen molar-refractivity contribution in [3.05, 3.63) is 34.8 Å². The zero-order chi connectivity index (χ0) is 18.3. The van der Waals surface area contributed by atoms with Gasteiger partial charge in [-0.15, -0.1) is 12.6 Å². The van der Waals surface area contributed by atoms with Gasteiger partial charge < -0.3 is 0 Å². The number of carbonyl (C=O) groups is 2. The van der Waals surface area contributed by atoms with E-state index >= 15 is 0 Å². The molecule has 4 aliphatic rings. The van der Waals surface area contributed by atoms with Gasteiger partial charge in [0.25, 0.3) is 0 Å². The molecule has 0 unspecified atom stereocenters. The second kappa shape index (κ2) is 5.18. The zero-order valence-electron chi connectivity index (χ0n) is 15.0. The summed E-state index contributed by atoms with van der Waals surface area (Å²) in [5, 5.41) is 0. The Labute approximate surface area is 154 Å². The molecule has 25 heavy (non-hydrogen) atoms. The first kappa shape index (κ1) is 17.3. The smallest absolute Gasteiger partial charge is 0.191 e. The number of ketones is 2. The predicted octanol–water partition coefficient (Wildman–Crippen LogP) is 4.48. The number of Topliss-reactive ketones (excluding diaryl/α,β-unsaturated/α-hetero) is 1. The van der Waals surface area contributed by atoms with Crippen LogP contribution in [0, 0.1) is 34.5 Å². The minimum absolute atomic E-state index is 0.0493. The van der Waals surface area contributed by atoms with Gasteiger partial charge in [-0.3, -0.25) is 9.59 Å². The van der Waals surface area contributed by atoms with Crippen molar-refractivity contribution in [1.82, 2.24) is 0 Å². The predicted molar refractivity (Wildman–Crippen MR) is 98.9 cm³/mol. The van der Waals surface area contributed by atoms with Crippen LogP contribution in [0.2, 0.25) is 0 Å². The summed E-state index contributed by atoms with van der Waals surface area (Å²) in [6, 6.07) is 0. The molecule has 0 aromatic heterocycles. The van der Waals surface area contributed by atoms with Crippen molar-refractivity contribution in [3.8, 4) is 0 Å². The number of carbonyl (C=O) groups excluding carboxylic acids is 2. The molecule has 0 aromatic carbocycles. The van der Waals surface area contributed by atoms with E-state index in [0.717, 1.165) is 24.0 Å². The maximum absolute atomic E-state index is 14.3. The third-order valence-electron chi connectivity index (χ3n) is 7.84. The van der Waals surface area contributed by atoms with Gasteiger partial charge in [0.05, 0.1) is 4.91 Å². The van der Waals surface area contributed by atoms with Crippen LogP contribution in [-0.4, -0.2) is 17.7 Å². The van der Waals surface area contributed by atoms with Crippen molar-refractivity contribution in [2.45, 2.75) is 46.2 Å². The van der Waals surface area contributed by atoms with Gasteiger partial charge in [0.2, 0.25) is 0 Å². The van der Waals surface area contributed by atoms with Crippen LogP contribution in [0.4, 0.5) is 4.39 Å². The first-order valence-electron chi connectivity index (χ1n) is 9.17. The molecule has 7 atom stereocenters. The van der Waals surface area contributed by atoms with E-state index in [1.165, 1.54) is 0 Å². The van der Waals surface area contributed by atoms with Gasteiger partial charge in [0.15, 0.2) is 17.7 Å². The number of hydrogen-bond donors (Lipinski definition) is 1. The molecule has 0 radical (unpaired) electrons. The fourth-order valence-electron chi connectivity index (χ4n) is 6.40. The van der Waals surface area contributed by atoms with Gasteiger partial charge >= 0.3 is 0 Å². The highest BCUT2D eigenvalue weighted by Gasteiger charge is 2.63. The maximum Gasteiger partial charge on any atom is 0.191 e. The maximum atomic E-state index is 14.3. The molecule has 2 nitrogen and oxygen atoms in total. The van der Waals surface area contributed by atoms with Gasteiger partial charge in [-0.05, 0) is 60.2 Å². The van der Waals surface area contributed by atoms with Crippen molar-refractivity contribution >= 4 is 24.2 Å². The Kier molecular flexibility index (Phi) is 3.58. The molecule has 134 valence electrons. The number of allylic oxidation sites excluding steroid dienone is 5. The summed E-state index contributed by atoms with van der Waals surface area (Å²) >= 11 is 4.51. The van der Waals surface area contributed by atoms with Gasteiger partial charge in [0.1, 0.15) is 0 Å². The fraction of sp³-hybridized carbons (Fsp3) is 0.619. The van der Waals surface area contributed by atoms with Crippen molar-refractivity contribution in [3.63, 3.8) is 0 Å². The molecule has 0 spiro atoms. The van der Waals surface area contributed by atoms with E-state index in [2.05, 4.69) is 33.1 Å². The molecule has 3 fully saturated rings. The molecule has 4 heteroatoms. The molecule has 0 heterocycles. The summed E-state index contributed by atoms with van der Waals surface area (Å²) in [5.74, 6) is 0.396. The highest BCUT2D eigenvalue weighted by molar-refractivity contribution is 7.85. The molecule has 0 aromatic rings. The molecule has 0 bridgehead atoms. The van der Waals surface area contributed by atoms with Gasteiger partial charge in [-0.25, -0.2) is 4.39 Å². The monoisotopic (exact) mass is 360 g/mol. The number of thiol groups is 1. The van der Waals surface area contributed by atoms with Crippen molar-refractivity contribution in [2.24, 2.45) is 34.5 Å². The zero-order valence-corrected chi connectivity index (χ0v) is 15.9. The van der Waals surface area contributed by atoms with Crippen LogP contribution in [-0.2, 0) is 9.59 Å². The Morgan fingerprint density at radius 2 is 1.96 bits per heavy atom. The van der Waals surface area contributed by atoms with Crippen LogP contribution >= 0.6 is 12.6 Å². The molecule has 4 rings (SSSR count). The molecule has 0 aliphatic heterocycles. The van der Waals surface area contributed by atoms with Gasteiger partial charge in [0, 0.05) is 10.8 Å². The molecule has 0 saturated heterocycles. The van der Waals surface area contributed by atoms with Crippen LogP contribution in [0.15, 0.2) is 34.8 Å². The van der Waals surface area contributed by atoms with E-state index < -0.39 is 11.6 Å². The van der Waals surface area contributed by atoms with Crippen LogP contribution in [0.25, 0.3) is 0 Å². The Hall–Kier alpha value is -1.16. The summed E-state index contributed by atoms with van der Waals surface area (Å²) in [5.41, 5.74) is 1.04. The Morgan fingerprint density at radius 1 is 1.28 bits per heavy atom. The second-order valence-corrected chi connectivity index (χ2v) is 9.28. The number of hydrogen-bond acceptors (Lipinski definition) is 3. The van der Waals surface area contributed by atoms with E-state index in [4.69, 9.17) is 0 Å². The third kappa shape index (κ3) is 1.98. The van der Waals surface area contributed by atoms with E-state index in [-0.39, 0.29) is 40.7 Å². The molecular weight excluding hydrogens is 335 g/mol. The summed E-state index contributed by atoms with van der Waals surface area (Å²) in [6.45, 7) is 10.5. The lowest BCUT2D eigenvalue weighted by Gasteiger charge is -2.58. The van der Waals surface area contributed by atoms with Crippen molar-refractivity contribution in [1.29, 1.82) is 0 Å². The molecule has 0 amide bonds. The van der Waals surface area contributed by atoms with Gasteiger partial charge in [-0.2, -0.15) is 0 Å². The topological polar surface area (TPSA) is 34.1 Å². The quantitative estimate of drug-likeness (QED) is 0.646. The number of alkyl halides is 1. The highest BCUT2D eigenvalue weighted by Crippen LogP contribution is 2.66. The Balaban J connectivity index is 1.85. The minimum Gasteiger partial charge on any atom is -0.296 e. The van der Waals surface area contributed by atoms with E-state index in [9.17, 15) is 14.0 Å². The van der Waals surface area contributed by atoms with Crippen LogP contribution in [0.5, 0.6) is 0 Å². The standard InChI is InChI=1S/C21H25FO2S/c1-10-11(2)17-18(25)15(23)6-8-20(17,3)12-5-7-21(4)13(16(10)12)9-14(22)19(21)24/h6,8,10,12-14,16,25H,2,5,7,9H2,1,3-4H3/t10-,12+,13+,14+,16-,20-,21+/m1/s1. The third-order valence-corrected chi connectivity index (χ3v) is 8.28. The summed E-state index contributed by atoms with van der Waals surface area (Å²) < 4.78 is 14.3. The summed E-state index contributed by atoms with van der Waals surface area (Å²) in [4.78, 5) is 25.2. The van der Waals surface area contributed by atoms with Crippen molar-refractivity contribution < 1.29 is 14.0 Å². The van der Waals surface area contributed by atoms with Gasteiger partial charge in [-0.1, -0.05) is 33.4 Å².